The van der Waals surface area contributed by atoms with Crippen molar-refractivity contribution in [1.82, 2.24) is 0 Å². The fourth-order valence-electron chi connectivity index (χ4n) is 1.65. The third-order valence-electron chi connectivity index (χ3n) is 2.90. The predicted molar refractivity (Wildman–Crippen MR) is 64.4 cm³/mol. The van der Waals surface area contributed by atoms with Crippen LogP contribution in [-0.2, 0) is 4.74 Å². The lowest BCUT2D eigenvalue weighted by Gasteiger charge is -2.30. The Morgan fingerprint density at radius 2 is 1.76 bits per heavy atom. The second-order valence-corrected chi connectivity index (χ2v) is 5.12. The third-order valence-corrected chi connectivity index (χ3v) is 3.54. The van der Waals surface area contributed by atoms with Crippen LogP contribution in [0.2, 0.25) is 0 Å². The van der Waals surface area contributed by atoms with Gasteiger partial charge in [0.05, 0.1) is 10.6 Å². The van der Waals surface area contributed by atoms with Crippen molar-refractivity contribution in [2.75, 3.05) is 7.11 Å². The molecule has 2 unspecified atom stereocenters. The number of benzene rings is 1. The molecule has 0 saturated carbocycles. The third kappa shape index (κ3) is 3.88. The minimum absolute atomic E-state index is 0.0253. The largest absolute Gasteiger partial charge is 0.428 e. The molecule has 0 heterocycles. The number of methoxy groups -OCH3 is 1. The Bertz CT molecular complexity index is 491. The molecule has 21 heavy (non-hydrogen) atoms. The molecule has 0 amide bonds. The fraction of sp³-hybridized carbons (Fsp3) is 0.500. The van der Waals surface area contributed by atoms with Gasteiger partial charge in [-0.3, -0.25) is 0 Å². The van der Waals surface area contributed by atoms with Crippen LogP contribution >= 0.6 is 15.9 Å². The summed E-state index contributed by atoms with van der Waals surface area (Å²) in [5, 5.41) is 0. The van der Waals surface area contributed by atoms with Gasteiger partial charge in [-0.25, -0.2) is 17.6 Å². The first-order valence-corrected chi connectivity index (χ1v) is 6.33. The molecule has 0 aliphatic heterocycles. The molecule has 0 N–H and O–H groups in total. The van der Waals surface area contributed by atoms with Gasteiger partial charge < -0.3 is 4.74 Å². The Kier molecular flexibility index (Phi) is 5.65. The molecule has 9 heteroatoms. The molecule has 1 rings (SSSR count). The minimum Gasteiger partial charge on any atom is -0.377 e. The molecule has 0 spiro atoms. The summed E-state index contributed by atoms with van der Waals surface area (Å²) in [5.41, 5.74) is -4.91. The Morgan fingerprint density at radius 1 is 1.19 bits per heavy atom. The van der Waals surface area contributed by atoms with Crippen LogP contribution in [0, 0.1) is 5.82 Å². The zero-order valence-electron chi connectivity index (χ0n) is 10.5. The zero-order valence-corrected chi connectivity index (χ0v) is 12.1. The number of rotatable bonds is 5. The maximum Gasteiger partial charge on any atom is 0.428 e. The highest BCUT2D eigenvalue weighted by atomic mass is 79.9. The Morgan fingerprint density at radius 3 is 2.14 bits per heavy atom. The van der Waals surface area contributed by atoms with Crippen molar-refractivity contribution < 1.29 is 35.5 Å². The SMILES string of the molecule is COC(CC(F)(C(F)F)C(F)(F)F)c1ccc(Br)c(F)c1. The van der Waals surface area contributed by atoms with E-state index in [4.69, 9.17) is 0 Å². The molecule has 0 fully saturated rings. The van der Waals surface area contributed by atoms with Crippen molar-refractivity contribution >= 4 is 15.9 Å². The molecule has 2 atom stereocenters. The van der Waals surface area contributed by atoms with Gasteiger partial charge in [0.1, 0.15) is 5.82 Å². The van der Waals surface area contributed by atoms with E-state index in [0.717, 1.165) is 25.3 Å². The van der Waals surface area contributed by atoms with Crippen LogP contribution in [0.15, 0.2) is 22.7 Å². The van der Waals surface area contributed by atoms with E-state index in [0.29, 0.717) is 0 Å². The van der Waals surface area contributed by atoms with Crippen molar-refractivity contribution in [1.29, 1.82) is 0 Å². The van der Waals surface area contributed by atoms with Gasteiger partial charge in [-0.05, 0) is 33.6 Å². The van der Waals surface area contributed by atoms with Crippen molar-refractivity contribution in [3.63, 3.8) is 0 Å². The van der Waals surface area contributed by atoms with Gasteiger partial charge in [0, 0.05) is 13.5 Å². The zero-order chi connectivity index (χ0) is 16.4. The molecule has 0 aromatic heterocycles. The fourth-order valence-corrected chi connectivity index (χ4v) is 1.89. The number of alkyl halides is 6. The second-order valence-electron chi connectivity index (χ2n) is 4.26. The second kappa shape index (κ2) is 6.51. The van der Waals surface area contributed by atoms with Crippen LogP contribution in [0.4, 0.5) is 30.7 Å². The van der Waals surface area contributed by atoms with E-state index in [9.17, 15) is 30.7 Å². The molecule has 1 nitrogen and oxygen atoms in total. The number of ether oxygens (including phenoxy) is 1. The first-order valence-electron chi connectivity index (χ1n) is 5.54. The summed E-state index contributed by atoms with van der Waals surface area (Å²) in [7, 11) is 0.923. The highest BCUT2D eigenvalue weighted by molar-refractivity contribution is 9.10. The minimum atomic E-state index is -5.77. The van der Waals surface area contributed by atoms with Gasteiger partial charge in [0.2, 0.25) is 0 Å². The summed E-state index contributed by atoms with van der Waals surface area (Å²) in [6.07, 6.45) is -13.4. The molecule has 120 valence electrons. The first kappa shape index (κ1) is 18.2. The normalized spacial score (nSPS) is 16.9. The molecule has 0 aliphatic carbocycles. The van der Waals surface area contributed by atoms with Gasteiger partial charge in [-0.2, -0.15) is 13.2 Å². The number of halogens is 8. The molecule has 0 saturated heterocycles. The Hall–Kier alpha value is -0.830. The topological polar surface area (TPSA) is 9.23 Å². The predicted octanol–water partition coefficient (Wildman–Crippen LogP) is 5.20. The van der Waals surface area contributed by atoms with E-state index in [1.54, 1.807) is 0 Å². The lowest BCUT2D eigenvalue weighted by Crippen LogP contribution is -2.48. The van der Waals surface area contributed by atoms with E-state index in [2.05, 4.69) is 20.7 Å². The highest BCUT2D eigenvalue weighted by Gasteiger charge is 2.63. The molecule has 1 aromatic rings. The Balaban J connectivity index is 3.12. The summed E-state index contributed by atoms with van der Waals surface area (Å²) in [6.45, 7) is 0. The van der Waals surface area contributed by atoms with Gasteiger partial charge in [-0.1, -0.05) is 6.07 Å². The van der Waals surface area contributed by atoms with Gasteiger partial charge in [0.25, 0.3) is 12.1 Å². The number of hydrogen-bond donors (Lipinski definition) is 0. The van der Waals surface area contributed by atoms with Crippen LogP contribution < -0.4 is 0 Å². The van der Waals surface area contributed by atoms with Crippen LogP contribution in [-0.4, -0.2) is 25.4 Å². The smallest absolute Gasteiger partial charge is 0.377 e. The van der Waals surface area contributed by atoms with Crippen LogP contribution in [0.5, 0.6) is 0 Å². The monoisotopic (exact) mass is 382 g/mol. The van der Waals surface area contributed by atoms with Crippen LogP contribution in [0.25, 0.3) is 0 Å². The molecule has 1 aromatic carbocycles. The van der Waals surface area contributed by atoms with E-state index >= 15 is 0 Å². The highest BCUT2D eigenvalue weighted by Crippen LogP contribution is 2.45. The molecular formula is C12H10BrF7O. The van der Waals surface area contributed by atoms with E-state index in [1.165, 1.54) is 0 Å². The summed E-state index contributed by atoms with van der Waals surface area (Å²) >= 11 is 2.83. The van der Waals surface area contributed by atoms with Crippen molar-refractivity contribution in [3.05, 3.63) is 34.1 Å². The molecule has 0 aliphatic rings. The lowest BCUT2D eigenvalue weighted by atomic mass is 9.93. The standard InChI is InChI=1S/C12H10BrF7O/c1-21-9(6-2-3-7(13)8(14)4-6)5-11(17,10(15)16)12(18,19)20/h2-4,9-10H,5H2,1H3. The molecule has 0 bridgehead atoms. The van der Waals surface area contributed by atoms with Crippen molar-refractivity contribution in [2.45, 2.75) is 30.8 Å². The van der Waals surface area contributed by atoms with Gasteiger partial charge in [0.15, 0.2) is 0 Å². The average molecular weight is 383 g/mol. The molecular weight excluding hydrogens is 373 g/mol. The lowest BCUT2D eigenvalue weighted by molar-refractivity contribution is -0.276. The summed E-state index contributed by atoms with van der Waals surface area (Å²) < 4.78 is 94.2. The van der Waals surface area contributed by atoms with Gasteiger partial charge in [-0.15, -0.1) is 0 Å². The van der Waals surface area contributed by atoms with Crippen LogP contribution in [0.3, 0.4) is 0 Å². The van der Waals surface area contributed by atoms with Gasteiger partial charge >= 0.3 is 6.18 Å². The Labute approximate surface area is 124 Å². The summed E-state index contributed by atoms with van der Waals surface area (Å²) in [5.74, 6) is -0.830. The van der Waals surface area contributed by atoms with E-state index in [-0.39, 0.29) is 10.0 Å². The van der Waals surface area contributed by atoms with Crippen molar-refractivity contribution in [2.24, 2.45) is 0 Å². The summed E-state index contributed by atoms with van der Waals surface area (Å²) in [4.78, 5) is 0. The average Bonchev–Trinajstić information content (AvgIpc) is 2.37. The number of hydrogen-bond acceptors (Lipinski definition) is 1. The van der Waals surface area contributed by atoms with Crippen molar-refractivity contribution in [3.8, 4) is 0 Å². The first-order chi connectivity index (χ1) is 9.52. The maximum absolute atomic E-state index is 13.7. The van der Waals surface area contributed by atoms with Crippen LogP contribution in [0.1, 0.15) is 18.1 Å². The maximum atomic E-state index is 13.7. The van der Waals surface area contributed by atoms with E-state index in [1.807, 2.05) is 0 Å². The molecule has 0 radical (unpaired) electrons. The quantitative estimate of drug-likeness (QED) is 0.635. The van der Waals surface area contributed by atoms with E-state index < -0.39 is 36.6 Å². The summed E-state index contributed by atoms with van der Waals surface area (Å²) in [6, 6.07) is 3.11.